The summed E-state index contributed by atoms with van der Waals surface area (Å²) < 4.78 is 13.6. The standard InChI is InChI=1S/C14H21FN2/c1-17(14(9-16)11-6-4-7-11)10-12-5-2-3-8-13(12)15/h2-3,5,8,11,14H,4,6-7,9-10,16H2,1H3. The molecule has 0 bridgehead atoms. The van der Waals surface area contributed by atoms with Gasteiger partial charge in [0.2, 0.25) is 0 Å². The number of hydrogen-bond donors (Lipinski definition) is 1. The Labute approximate surface area is 103 Å². The van der Waals surface area contributed by atoms with Gasteiger partial charge in [-0.1, -0.05) is 24.6 Å². The second-order valence-electron chi connectivity index (χ2n) is 5.00. The molecule has 0 heterocycles. The Morgan fingerprint density at radius 1 is 1.41 bits per heavy atom. The number of likely N-dealkylation sites (N-methyl/N-ethyl adjacent to an activating group) is 1. The minimum atomic E-state index is -0.122. The van der Waals surface area contributed by atoms with E-state index in [9.17, 15) is 4.39 Å². The van der Waals surface area contributed by atoms with Crippen LogP contribution in [-0.4, -0.2) is 24.5 Å². The fourth-order valence-corrected chi connectivity index (χ4v) is 2.57. The summed E-state index contributed by atoms with van der Waals surface area (Å²) in [6, 6.07) is 7.37. The molecule has 0 spiro atoms. The first-order valence-electron chi connectivity index (χ1n) is 6.36. The monoisotopic (exact) mass is 236 g/mol. The van der Waals surface area contributed by atoms with Crippen molar-refractivity contribution in [1.29, 1.82) is 0 Å². The molecule has 1 aromatic rings. The van der Waals surface area contributed by atoms with Crippen molar-refractivity contribution in [3.05, 3.63) is 35.6 Å². The highest BCUT2D eigenvalue weighted by molar-refractivity contribution is 5.17. The Hall–Kier alpha value is -0.930. The molecule has 1 unspecified atom stereocenters. The third kappa shape index (κ3) is 2.85. The van der Waals surface area contributed by atoms with Crippen LogP contribution in [0.2, 0.25) is 0 Å². The van der Waals surface area contributed by atoms with E-state index in [-0.39, 0.29) is 5.82 Å². The molecule has 2 nitrogen and oxygen atoms in total. The second-order valence-corrected chi connectivity index (χ2v) is 5.00. The Kier molecular flexibility index (Phi) is 4.13. The first-order valence-corrected chi connectivity index (χ1v) is 6.36. The van der Waals surface area contributed by atoms with Gasteiger partial charge in [-0.2, -0.15) is 0 Å². The first-order chi connectivity index (χ1) is 8.22. The van der Waals surface area contributed by atoms with Crippen LogP contribution in [0.4, 0.5) is 4.39 Å². The number of halogens is 1. The molecule has 3 heteroatoms. The van der Waals surface area contributed by atoms with E-state index in [1.807, 2.05) is 19.2 Å². The zero-order valence-corrected chi connectivity index (χ0v) is 10.4. The van der Waals surface area contributed by atoms with Gasteiger partial charge in [-0.3, -0.25) is 4.90 Å². The van der Waals surface area contributed by atoms with Crippen LogP contribution in [0.3, 0.4) is 0 Å². The summed E-state index contributed by atoms with van der Waals surface area (Å²) in [6.07, 6.45) is 3.85. The van der Waals surface area contributed by atoms with Crippen LogP contribution in [0, 0.1) is 11.7 Å². The molecule has 0 amide bonds. The average molecular weight is 236 g/mol. The van der Waals surface area contributed by atoms with Crippen LogP contribution in [0.15, 0.2) is 24.3 Å². The van der Waals surface area contributed by atoms with Crippen molar-refractivity contribution in [2.24, 2.45) is 11.7 Å². The van der Waals surface area contributed by atoms with Gasteiger partial charge in [-0.15, -0.1) is 0 Å². The highest BCUT2D eigenvalue weighted by Gasteiger charge is 2.29. The van der Waals surface area contributed by atoms with Gasteiger partial charge in [0.25, 0.3) is 0 Å². The van der Waals surface area contributed by atoms with E-state index >= 15 is 0 Å². The van der Waals surface area contributed by atoms with Crippen LogP contribution in [0.1, 0.15) is 24.8 Å². The minimum Gasteiger partial charge on any atom is -0.329 e. The third-order valence-corrected chi connectivity index (χ3v) is 3.88. The van der Waals surface area contributed by atoms with Crippen LogP contribution < -0.4 is 5.73 Å². The van der Waals surface area contributed by atoms with Crippen molar-refractivity contribution < 1.29 is 4.39 Å². The summed E-state index contributed by atoms with van der Waals surface area (Å²) in [5.41, 5.74) is 6.60. The van der Waals surface area contributed by atoms with E-state index in [2.05, 4.69) is 4.90 Å². The second kappa shape index (κ2) is 5.61. The molecule has 0 aliphatic heterocycles. The van der Waals surface area contributed by atoms with Crippen molar-refractivity contribution in [3.8, 4) is 0 Å². The van der Waals surface area contributed by atoms with E-state index in [1.165, 1.54) is 25.3 Å². The highest BCUT2D eigenvalue weighted by atomic mass is 19.1. The molecule has 2 rings (SSSR count). The van der Waals surface area contributed by atoms with Crippen molar-refractivity contribution in [2.75, 3.05) is 13.6 Å². The van der Waals surface area contributed by atoms with E-state index in [0.29, 0.717) is 25.0 Å². The quantitative estimate of drug-likeness (QED) is 0.850. The SMILES string of the molecule is CN(Cc1ccccc1F)C(CN)C1CCC1. The lowest BCUT2D eigenvalue weighted by atomic mass is 9.79. The number of benzene rings is 1. The topological polar surface area (TPSA) is 29.3 Å². The van der Waals surface area contributed by atoms with Gasteiger partial charge in [0.15, 0.2) is 0 Å². The summed E-state index contributed by atoms with van der Waals surface area (Å²) >= 11 is 0. The van der Waals surface area contributed by atoms with Crippen LogP contribution >= 0.6 is 0 Å². The molecule has 1 fully saturated rings. The van der Waals surface area contributed by atoms with Gasteiger partial charge in [-0.25, -0.2) is 4.39 Å². The van der Waals surface area contributed by atoms with Crippen molar-refractivity contribution in [1.82, 2.24) is 4.90 Å². The highest BCUT2D eigenvalue weighted by Crippen LogP contribution is 2.32. The summed E-state index contributed by atoms with van der Waals surface area (Å²) in [7, 11) is 2.04. The van der Waals surface area contributed by atoms with Crippen LogP contribution in [-0.2, 0) is 6.54 Å². The number of nitrogens with zero attached hydrogens (tertiary/aromatic N) is 1. The fraction of sp³-hybridized carbons (Fsp3) is 0.571. The molecule has 0 aromatic heterocycles. The molecule has 1 saturated carbocycles. The van der Waals surface area contributed by atoms with Crippen molar-refractivity contribution in [2.45, 2.75) is 31.8 Å². The average Bonchev–Trinajstić information content (AvgIpc) is 2.26. The summed E-state index contributed by atoms with van der Waals surface area (Å²) in [5.74, 6) is 0.584. The molecule has 1 aromatic carbocycles. The van der Waals surface area contributed by atoms with Crippen molar-refractivity contribution >= 4 is 0 Å². The summed E-state index contributed by atoms with van der Waals surface area (Å²) in [6.45, 7) is 1.31. The molecule has 1 aliphatic carbocycles. The van der Waals surface area contributed by atoms with Gasteiger partial charge < -0.3 is 5.73 Å². The smallest absolute Gasteiger partial charge is 0.127 e. The Balaban J connectivity index is 1.99. The first kappa shape index (κ1) is 12.5. The fourth-order valence-electron chi connectivity index (χ4n) is 2.57. The molecule has 1 atom stereocenters. The lowest BCUT2D eigenvalue weighted by Crippen LogP contribution is -2.45. The summed E-state index contributed by atoms with van der Waals surface area (Å²) in [5, 5.41) is 0. The Bertz CT molecular complexity index is 363. The molecular formula is C14H21FN2. The van der Waals surface area contributed by atoms with Gasteiger partial charge in [0.05, 0.1) is 0 Å². The van der Waals surface area contributed by atoms with Gasteiger partial charge >= 0.3 is 0 Å². The number of nitrogens with two attached hydrogens (primary N) is 1. The number of rotatable bonds is 5. The minimum absolute atomic E-state index is 0.122. The molecule has 17 heavy (non-hydrogen) atoms. The lowest BCUT2D eigenvalue weighted by Gasteiger charge is -2.38. The van der Waals surface area contributed by atoms with E-state index < -0.39 is 0 Å². The maximum Gasteiger partial charge on any atom is 0.127 e. The molecule has 94 valence electrons. The largest absolute Gasteiger partial charge is 0.329 e. The normalized spacial score (nSPS) is 18.1. The maximum absolute atomic E-state index is 13.6. The predicted molar refractivity (Wildman–Crippen MR) is 68.1 cm³/mol. The van der Waals surface area contributed by atoms with Gasteiger partial charge in [0, 0.05) is 24.7 Å². The van der Waals surface area contributed by atoms with E-state index in [0.717, 1.165) is 5.56 Å². The Morgan fingerprint density at radius 3 is 2.65 bits per heavy atom. The molecular weight excluding hydrogens is 215 g/mol. The van der Waals surface area contributed by atoms with Crippen molar-refractivity contribution in [3.63, 3.8) is 0 Å². The lowest BCUT2D eigenvalue weighted by molar-refractivity contribution is 0.117. The zero-order chi connectivity index (χ0) is 12.3. The Morgan fingerprint density at radius 2 is 2.12 bits per heavy atom. The number of hydrogen-bond acceptors (Lipinski definition) is 2. The predicted octanol–water partition coefficient (Wildman–Crippen LogP) is 2.38. The van der Waals surface area contributed by atoms with E-state index in [1.54, 1.807) is 6.07 Å². The van der Waals surface area contributed by atoms with Crippen LogP contribution in [0.5, 0.6) is 0 Å². The molecule has 2 N–H and O–H groups in total. The zero-order valence-electron chi connectivity index (χ0n) is 10.4. The van der Waals surface area contributed by atoms with Gasteiger partial charge in [0.1, 0.15) is 5.82 Å². The molecule has 1 aliphatic rings. The van der Waals surface area contributed by atoms with Gasteiger partial charge in [-0.05, 0) is 31.9 Å². The third-order valence-electron chi connectivity index (χ3n) is 3.88. The molecule has 0 saturated heterocycles. The van der Waals surface area contributed by atoms with Crippen LogP contribution in [0.25, 0.3) is 0 Å². The summed E-state index contributed by atoms with van der Waals surface area (Å²) in [4.78, 5) is 2.20. The maximum atomic E-state index is 13.6. The molecule has 0 radical (unpaired) electrons. The van der Waals surface area contributed by atoms with E-state index in [4.69, 9.17) is 5.73 Å².